The maximum Gasteiger partial charge on any atom is 0.414 e. The summed E-state index contributed by atoms with van der Waals surface area (Å²) in [6.45, 7) is 0.875. The van der Waals surface area contributed by atoms with Crippen LogP contribution in [0.1, 0.15) is 15.9 Å². The summed E-state index contributed by atoms with van der Waals surface area (Å²) < 4.78 is 6.58. The summed E-state index contributed by atoms with van der Waals surface area (Å²) in [5.41, 5.74) is 2.05. The number of hydrogen-bond acceptors (Lipinski definition) is 4. The fraction of sp³-hybridized carbons (Fsp3) is 0.188. The molecule has 0 spiro atoms. The van der Waals surface area contributed by atoms with Gasteiger partial charge in [0.25, 0.3) is 0 Å². The molecule has 0 atom stereocenters. The topological polar surface area (TPSA) is 64.4 Å². The highest BCUT2D eigenvalue weighted by molar-refractivity contribution is 6.07. The van der Waals surface area contributed by atoms with E-state index in [2.05, 4.69) is 5.10 Å². The Kier molecular flexibility index (Phi) is 3.74. The van der Waals surface area contributed by atoms with Crippen LogP contribution in [-0.4, -0.2) is 34.8 Å². The molecule has 1 amide bonds. The van der Waals surface area contributed by atoms with Crippen molar-refractivity contribution in [3.63, 3.8) is 0 Å². The van der Waals surface area contributed by atoms with Gasteiger partial charge in [0.2, 0.25) is 0 Å². The second-order valence-corrected chi connectivity index (χ2v) is 4.96. The highest BCUT2D eigenvalue weighted by Gasteiger charge is 2.23. The first kappa shape index (κ1) is 14.1. The Morgan fingerprint density at radius 3 is 2.95 bits per heavy atom. The van der Waals surface area contributed by atoms with Gasteiger partial charge in [-0.3, -0.25) is 14.4 Å². The monoisotopic (exact) mass is 297 g/mol. The van der Waals surface area contributed by atoms with Gasteiger partial charge in [-0.2, -0.15) is 5.10 Å². The van der Waals surface area contributed by atoms with Gasteiger partial charge < -0.3 is 4.74 Å². The molecule has 22 heavy (non-hydrogen) atoms. The number of benzene rings is 1. The Balaban J connectivity index is 1.78. The lowest BCUT2D eigenvalue weighted by atomic mass is 10.1. The molecular weight excluding hydrogens is 282 g/mol. The first-order valence-electron chi connectivity index (χ1n) is 6.89. The number of hydrogen-bond donors (Lipinski definition) is 0. The van der Waals surface area contributed by atoms with Crippen LogP contribution in [0.15, 0.2) is 42.7 Å². The van der Waals surface area contributed by atoms with E-state index in [4.69, 9.17) is 4.74 Å². The van der Waals surface area contributed by atoms with E-state index in [0.29, 0.717) is 24.4 Å². The molecule has 0 radical (unpaired) electrons. The highest BCUT2D eigenvalue weighted by atomic mass is 16.6. The predicted molar refractivity (Wildman–Crippen MR) is 81.7 cm³/mol. The van der Waals surface area contributed by atoms with Crippen LogP contribution in [-0.2, 0) is 11.8 Å². The van der Waals surface area contributed by atoms with Crippen molar-refractivity contribution in [3.05, 3.63) is 53.9 Å². The third-order valence-corrected chi connectivity index (χ3v) is 3.36. The van der Waals surface area contributed by atoms with E-state index in [1.54, 1.807) is 41.2 Å². The molecule has 1 aromatic heterocycles. The third kappa shape index (κ3) is 2.90. The fourth-order valence-corrected chi connectivity index (χ4v) is 2.25. The predicted octanol–water partition coefficient (Wildman–Crippen LogP) is 2.27. The largest absolute Gasteiger partial charge is 0.447 e. The second kappa shape index (κ2) is 5.85. The van der Waals surface area contributed by atoms with Gasteiger partial charge in [-0.1, -0.05) is 12.1 Å². The third-order valence-electron chi connectivity index (χ3n) is 3.36. The van der Waals surface area contributed by atoms with E-state index in [-0.39, 0.29) is 11.9 Å². The molecule has 1 fully saturated rings. The molecular formula is C16H15N3O3. The van der Waals surface area contributed by atoms with Gasteiger partial charge in [-0.25, -0.2) is 4.79 Å². The van der Waals surface area contributed by atoms with Gasteiger partial charge >= 0.3 is 6.09 Å². The second-order valence-electron chi connectivity index (χ2n) is 4.96. The minimum Gasteiger partial charge on any atom is -0.447 e. The number of ether oxygens (including phenoxy) is 1. The summed E-state index contributed by atoms with van der Waals surface area (Å²) >= 11 is 0. The van der Waals surface area contributed by atoms with E-state index >= 15 is 0 Å². The van der Waals surface area contributed by atoms with Crippen LogP contribution in [0.3, 0.4) is 0 Å². The molecule has 0 N–H and O–H groups in total. The zero-order valence-electron chi connectivity index (χ0n) is 12.1. The van der Waals surface area contributed by atoms with Crippen molar-refractivity contribution in [3.8, 4) is 0 Å². The van der Waals surface area contributed by atoms with Crippen LogP contribution < -0.4 is 4.90 Å². The maximum atomic E-state index is 12.2. The highest BCUT2D eigenvalue weighted by Crippen LogP contribution is 2.20. The number of allylic oxidation sites excluding steroid dienone is 1. The smallest absolute Gasteiger partial charge is 0.414 e. The van der Waals surface area contributed by atoms with Gasteiger partial charge in [0.05, 0.1) is 12.7 Å². The van der Waals surface area contributed by atoms with Crippen molar-refractivity contribution < 1.29 is 14.3 Å². The van der Waals surface area contributed by atoms with Crippen molar-refractivity contribution in [2.24, 2.45) is 7.05 Å². The van der Waals surface area contributed by atoms with E-state index in [1.807, 2.05) is 13.2 Å². The van der Waals surface area contributed by atoms with Gasteiger partial charge in [0.1, 0.15) is 6.61 Å². The molecule has 6 heteroatoms. The van der Waals surface area contributed by atoms with Crippen molar-refractivity contribution in [1.29, 1.82) is 0 Å². The SMILES string of the molecule is Cn1cc(/C=C/C(=O)c2cccc(N3CCOC3=O)c2)cn1. The maximum absolute atomic E-state index is 12.2. The molecule has 6 nitrogen and oxygen atoms in total. The minimum absolute atomic E-state index is 0.127. The lowest BCUT2D eigenvalue weighted by Gasteiger charge is -2.13. The first-order chi connectivity index (χ1) is 10.6. The molecule has 2 heterocycles. The van der Waals surface area contributed by atoms with Gasteiger partial charge in [-0.05, 0) is 24.3 Å². The number of anilines is 1. The summed E-state index contributed by atoms with van der Waals surface area (Å²) in [6.07, 6.45) is 6.33. The summed E-state index contributed by atoms with van der Waals surface area (Å²) in [6, 6.07) is 6.96. The molecule has 1 aliphatic rings. The molecule has 1 aliphatic heterocycles. The average Bonchev–Trinajstić information content (AvgIpc) is 3.13. The number of carbonyl (C=O) groups is 2. The summed E-state index contributed by atoms with van der Waals surface area (Å²) in [7, 11) is 1.82. The van der Waals surface area contributed by atoms with Crippen LogP contribution in [0.2, 0.25) is 0 Å². The number of cyclic esters (lactones) is 1. The first-order valence-corrected chi connectivity index (χ1v) is 6.89. The van der Waals surface area contributed by atoms with E-state index < -0.39 is 0 Å². The Morgan fingerprint density at radius 2 is 2.27 bits per heavy atom. The molecule has 0 unspecified atom stereocenters. The van der Waals surface area contributed by atoms with Crippen molar-refractivity contribution in [2.75, 3.05) is 18.1 Å². The molecule has 0 bridgehead atoms. The Morgan fingerprint density at radius 1 is 1.41 bits per heavy atom. The summed E-state index contributed by atoms with van der Waals surface area (Å²) in [5.74, 6) is -0.127. The molecule has 112 valence electrons. The number of rotatable bonds is 4. The number of amides is 1. The molecule has 1 saturated heterocycles. The van der Waals surface area contributed by atoms with Gasteiger partial charge in [-0.15, -0.1) is 0 Å². The van der Waals surface area contributed by atoms with Crippen LogP contribution in [0, 0.1) is 0 Å². The van der Waals surface area contributed by atoms with Crippen LogP contribution >= 0.6 is 0 Å². The fourth-order valence-electron chi connectivity index (χ4n) is 2.25. The number of ketones is 1. The van der Waals surface area contributed by atoms with Crippen molar-refractivity contribution in [2.45, 2.75) is 0 Å². The Labute approximate surface area is 127 Å². The zero-order chi connectivity index (χ0) is 15.5. The van der Waals surface area contributed by atoms with Crippen LogP contribution in [0.5, 0.6) is 0 Å². The van der Waals surface area contributed by atoms with E-state index in [0.717, 1.165) is 5.56 Å². The van der Waals surface area contributed by atoms with E-state index in [9.17, 15) is 9.59 Å². The summed E-state index contributed by atoms with van der Waals surface area (Å²) in [4.78, 5) is 25.3. The number of aromatic nitrogens is 2. The Hall–Kier alpha value is -2.89. The van der Waals surface area contributed by atoms with E-state index in [1.165, 1.54) is 11.0 Å². The molecule has 3 rings (SSSR count). The molecule has 0 aliphatic carbocycles. The minimum atomic E-state index is -0.379. The van der Waals surface area contributed by atoms with Crippen LogP contribution in [0.25, 0.3) is 6.08 Å². The molecule has 2 aromatic rings. The average molecular weight is 297 g/mol. The van der Waals surface area contributed by atoms with Crippen LogP contribution in [0.4, 0.5) is 10.5 Å². The normalized spacial score (nSPS) is 14.6. The number of nitrogens with zero attached hydrogens (tertiary/aromatic N) is 3. The van der Waals surface area contributed by atoms with Gasteiger partial charge in [0, 0.05) is 30.1 Å². The lowest BCUT2D eigenvalue weighted by Crippen LogP contribution is -2.23. The zero-order valence-corrected chi connectivity index (χ0v) is 12.1. The standard InChI is InChI=1S/C16H15N3O3/c1-18-11-12(10-17-18)5-6-15(20)13-3-2-4-14(9-13)19-7-8-22-16(19)21/h2-6,9-11H,7-8H2,1H3/b6-5+. The number of aryl methyl sites for hydroxylation is 1. The van der Waals surface area contributed by atoms with Crippen molar-refractivity contribution in [1.82, 2.24) is 9.78 Å². The Bertz CT molecular complexity index is 749. The molecule has 1 aromatic carbocycles. The van der Waals surface area contributed by atoms with Crippen molar-refractivity contribution >= 4 is 23.6 Å². The number of carbonyl (C=O) groups excluding carboxylic acids is 2. The van der Waals surface area contributed by atoms with Gasteiger partial charge in [0.15, 0.2) is 5.78 Å². The quantitative estimate of drug-likeness (QED) is 0.641. The molecule has 0 saturated carbocycles. The summed E-state index contributed by atoms with van der Waals surface area (Å²) in [5, 5.41) is 4.04. The lowest BCUT2D eigenvalue weighted by molar-refractivity contribution is 0.104.